The third kappa shape index (κ3) is 1.91. The van der Waals surface area contributed by atoms with Crippen LogP contribution in [0.15, 0.2) is 24.3 Å². The van der Waals surface area contributed by atoms with Crippen LogP contribution in [0.3, 0.4) is 0 Å². The van der Waals surface area contributed by atoms with E-state index in [1.165, 1.54) is 5.52 Å². The number of nitrogens with zero attached hydrogens (tertiary/aromatic N) is 2. The molecule has 3 rings (SSSR count). The maximum absolute atomic E-state index is 6.06. The molecule has 0 saturated carbocycles. The molecule has 96 valence electrons. The van der Waals surface area contributed by atoms with Gasteiger partial charge in [0.2, 0.25) is 0 Å². The highest BCUT2D eigenvalue weighted by atomic mass is 16.5. The number of fused-ring (bicyclic) bond motifs is 1. The van der Waals surface area contributed by atoms with Crippen molar-refractivity contribution >= 4 is 11.0 Å². The molecule has 2 aromatic rings. The number of ether oxygens (including phenoxy) is 1. The Hall–Kier alpha value is -1.39. The topological polar surface area (TPSA) is 53.1 Å². The first-order chi connectivity index (χ1) is 8.77. The number of benzene rings is 1. The first kappa shape index (κ1) is 11.7. The lowest BCUT2D eigenvalue weighted by Crippen LogP contribution is -2.25. The van der Waals surface area contributed by atoms with Gasteiger partial charge in [-0.1, -0.05) is 12.1 Å². The van der Waals surface area contributed by atoms with Gasteiger partial charge in [-0.05, 0) is 31.9 Å². The third-order valence-electron chi connectivity index (χ3n) is 3.53. The van der Waals surface area contributed by atoms with Crippen LogP contribution >= 0.6 is 0 Å². The summed E-state index contributed by atoms with van der Waals surface area (Å²) in [6.07, 6.45) is 2.25. The molecule has 2 unspecified atom stereocenters. The molecule has 2 atom stereocenters. The Labute approximate surface area is 107 Å². The van der Waals surface area contributed by atoms with Crippen molar-refractivity contribution in [3.8, 4) is 0 Å². The van der Waals surface area contributed by atoms with Crippen molar-refractivity contribution < 1.29 is 4.74 Å². The molecular weight excluding hydrogens is 226 g/mol. The fourth-order valence-corrected chi connectivity index (χ4v) is 2.70. The summed E-state index contributed by atoms with van der Waals surface area (Å²) in [5, 5.41) is 0. The molecule has 1 aromatic carbocycles. The summed E-state index contributed by atoms with van der Waals surface area (Å²) in [5.74, 6) is 0.965. The van der Waals surface area contributed by atoms with E-state index in [4.69, 9.17) is 10.5 Å². The highest BCUT2D eigenvalue weighted by Crippen LogP contribution is 2.28. The van der Waals surface area contributed by atoms with Gasteiger partial charge in [-0.25, -0.2) is 4.98 Å². The second-order valence-electron chi connectivity index (χ2n) is 4.99. The van der Waals surface area contributed by atoms with Gasteiger partial charge in [0.1, 0.15) is 5.82 Å². The first-order valence-corrected chi connectivity index (χ1v) is 6.57. The number of imidazole rings is 1. The van der Waals surface area contributed by atoms with Gasteiger partial charge >= 0.3 is 0 Å². The average molecular weight is 245 g/mol. The summed E-state index contributed by atoms with van der Waals surface area (Å²) < 4.78 is 7.88. The van der Waals surface area contributed by atoms with Crippen LogP contribution in [0.25, 0.3) is 11.0 Å². The maximum Gasteiger partial charge on any atom is 0.126 e. The van der Waals surface area contributed by atoms with E-state index in [1.807, 2.05) is 19.1 Å². The summed E-state index contributed by atoms with van der Waals surface area (Å²) in [4.78, 5) is 4.67. The molecule has 2 N–H and O–H groups in total. The van der Waals surface area contributed by atoms with Crippen molar-refractivity contribution in [3.63, 3.8) is 0 Å². The molecule has 1 saturated heterocycles. The van der Waals surface area contributed by atoms with Crippen LogP contribution in [0, 0.1) is 0 Å². The van der Waals surface area contributed by atoms with Gasteiger partial charge in [-0.2, -0.15) is 0 Å². The van der Waals surface area contributed by atoms with E-state index in [1.54, 1.807) is 0 Å². The van der Waals surface area contributed by atoms with E-state index < -0.39 is 0 Å². The molecule has 0 bridgehead atoms. The Bertz CT molecular complexity index is 541. The molecule has 0 spiro atoms. The minimum Gasteiger partial charge on any atom is -0.379 e. The van der Waals surface area contributed by atoms with Crippen molar-refractivity contribution in [2.24, 2.45) is 5.73 Å². The van der Waals surface area contributed by atoms with Crippen LogP contribution in [-0.2, 0) is 4.74 Å². The first-order valence-electron chi connectivity index (χ1n) is 6.57. The summed E-state index contributed by atoms with van der Waals surface area (Å²) in [7, 11) is 0. The number of para-hydroxylation sites is 2. The fourth-order valence-electron chi connectivity index (χ4n) is 2.70. The van der Waals surface area contributed by atoms with Gasteiger partial charge in [0.25, 0.3) is 0 Å². The van der Waals surface area contributed by atoms with E-state index in [2.05, 4.69) is 21.7 Å². The number of hydrogen-bond donors (Lipinski definition) is 1. The predicted octanol–water partition coefficient (Wildman–Crippen LogP) is 2.41. The molecule has 18 heavy (non-hydrogen) atoms. The molecule has 1 aromatic heterocycles. The highest BCUT2D eigenvalue weighted by molar-refractivity contribution is 5.76. The SMILES string of the molecule is CC(N)c1nc2ccccc2n1C1CCCOC1. The van der Waals surface area contributed by atoms with Gasteiger partial charge in [0, 0.05) is 6.61 Å². The van der Waals surface area contributed by atoms with Gasteiger partial charge in [0.15, 0.2) is 0 Å². The predicted molar refractivity (Wildman–Crippen MR) is 71.4 cm³/mol. The Morgan fingerprint density at radius 2 is 2.28 bits per heavy atom. The van der Waals surface area contributed by atoms with E-state index in [9.17, 15) is 0 Å². The molecule has 1 fully saturated rings. The van der Waals surface area contributed by atoms with Gasteiger partial charge in [-0.15, -0.1) is 0 Å². The second-order valence-corrected chi connectivity index (χ2v) is 4.99. The van der Waals surface area contributed by atoms with E-state index >= 15 is 0 Å². The molecule has 0 amide bonds. The van der Waals surface area contributed by atoms with E-state index in [-0.39, 0.29) is 6.04 Å². The van der Waals surface area contributed by atoms with Crippen LogP contribution < -0.4 is 5.73 Å². The van der Waals surface area contributed by atoms with Gasteiger partial charge in [0.05, 0.1) is 29.7 Å². The number of rotatable bonds is 2. The highest BCUT2D eigenvalue weighted by Gasteiger charge is 2.22. The quantitative estimate of drug-likeness (QED) is 0.884. The summed E-state index contributed by atoms with van der Waals surface area (Å²) in [6.45, 7) is 3.62. The minimum absolute atomic E-state index is 0.0562. The Balaban J connectivity index is 2.14. The van der Waals surface area contributed by atoms with Crippen LogP contribution in [0.1, 0.15) is 37.7 Å². The van der Waals surface area contributed by atoms with Crippen molar-refractivity contribution in [2.45, 2.75) is 31.8 Å². The van der Waals surface area contributed by atoms with Crippen LogP contribution in [0.2, 0.25) is 0 Å². The zero-order valence-electron chi connectivity index (χ0n) is 10.7. The lowest BCUT2D eigenvalue weighted by molar-refractivity contribution is 0.0592. The van der Waals surface area contributed by atoms with Crippen LogP contribution in [0.5, 0.6) is 0 Å². The molecule has 4 nitrogen and oxygen atoms in total. The van der Waals surface area contributed by atoms with Crippen LogP contribution in [-0.4, -0.2) is 22.8 Å². The molecule has 4 heteroatoms. The fraction of sp³-hybridized carbons (Fsp3) is 0.500. The van der Waals surface area contributed by atoms with Crippen LogP contribution in [0.4, 0.5) is 0 Å². The molecule has 1 aliphatic rings. The standard InChI is InChI=1S/C14H19N3O/c1-10(15)14-16-12-6-2-3-7-13(12)17(14)11-5-4-8-18-9-11/h2-3,6-7,10-11H,4-5,8-9,15H2,1H3. The van der Waals surface area contributed by atoms with Crippen molar-refractivity contribution in [1.82, 2.24) is 9.55 Å². The monoisotopic (exact) mass is 245 g/mol. The van der Waals surface area contributed by atoms with Gasteiger partial charge < -0.3 is 15.0 Å². The average Bonchev–Trinajstić information content (AvgIpc) is 2.79. The van der Waals surface area contributed by atoms with E-state index in [0.29, 0.717) is 6.04 Å². The molecular formula is C14H19N3O. The lowest BCUT2D eigenvalue weighted by Gasteiger charge is -2.26. The number of aromatic nitrogens is 2. The Morgan fingerprint density at radius 1 is 1.44 bits per heavy atom. The molecule has 2 heterocycles. The summed E-state index contributed by atoms with van der Waals surface area (Å²) in [5.41, 5.74) is 8.25. The number of nitrogens with two attached hydrogens (primary N) is 1. The third-order valence-corrected chi connectivity index (χ3v) is 3.53. The zero-order chi connectivity index (χ0) is 12.5. The summed E-state index contributed by atoms with van der Waals surface area (Å²) >= 11 is 0. The van der Waals surface area contributed by atoms with Crippen molar-refractivity contribution in [1.29, 1.82) is 0 Å². The molecule has 1 aliphatic heterocycles. The lowest BCUT2D eigenvalue weighted by atomic mass is 10.1. The van der Waals surface area contributed by atoms with Crippen molar-refractivity contribution in [3.05, 3.63) is 30.1 Å². The minimum atomic E-state index is -0.0562. The largest absolute Gasteiger partial charge is 0.379 e. The Morgan fingerprint density at radius 3 is 3.00 bits per heavy atom. The van der Waals surface area contributed by atoms with Crippen molar-refractivity contribution in [2.75, 3.05) is 13.2 Å². The normalized spacial score (nSPS) is 22.2. The van der Waals surface area contributed by atoms with Gasteiger partial charge in [-0.3, -0.25) is 0 Å². The smallest absolute Gasteiger partial charge is 0.126 e. The zero-order valence-corrected chi connectivity index (χ0v) is 10.7. The second kappa shape index (κ2) is 4.71. The maximum atomic E-state index is 6.06. The molecule has 0 radical (unpaired) electrons. The Kier molecular flexibility index (Phi) is 3.06. The summed E-state index contributed by atoms with van der Waals surface area (Å²) in [6, 6.07) is 8.54. The molecule has 0 aliphatic carbocycles. The van der Waals surface area contributed by atoms with E-state index in [0.717, 1.165) is 37.4 Å². The number of hydrogen-bond acceptors (Lipinski definition) is 3.